The first kappa shape index (κ1) is 21.0. The van der Waals surface area contributed by atoms with Crippen LogP contribution in [0.25, 0.3) is 0 Å². The Bertz CT molecular complexity index is 1100. The number of fused-ring (bicyclic) bond motifs is 3. The number of carbonyl (C=O) groups is 1. The van der Waals surface area contributed by atoms with Crippen LogP contribution in [0.3, 0.4) is 0 Å². The first-order valence-corrected chi connectivity index (χ1v) is 11.3. The molecule has 0 radical (unpaired) electrons. The molecule has 11 heteroatoms. The van der Waals surface area contributed by atoms with Gasteiger partial charge in [-0.3, -0.25) is 10.2 Å². The Morgan fingerprint density at radius 1 is 1.22 bits per heavy atom. The van der Waals surface area contributed by atoms with E-state index in [-0.39, 0.29) is 29.7 Å². The summed E-state index contributed by atoms with van der Waals surface area (Å²) in [5, 5.41) is 10.2. The van der Waals surface area contributed by atoms with E-state index in [0.29, 0.717) is 10.2 Å². The maximum absolute atomic E-state index is 13.7. The molecule has 1 saturated heterocycles. The number of nitrogens with zero attached hydrogens (tertiary/aromatic N) is 3. The van der Waals surface area contributed by atoms with E-state index in [0.717, 1.165) is 30.2 Å². The zero-order valence-electron chi connectivity index (χ0n) is 16.6. The lowest BCUT2D eigenvalue weighted by Gasteiger charge is -2.36. The first-order valence-electron chi connectivity index (χ1n) is 9.95. The highest BCUT2D eigenvalue weighted by Gasteiger charge is 2.44. The summed E-state index contributed by atoms with van der Waals surface area (Å²) in [7, 11) is 0. The summed E-state index contributed by atoms with van der Waals surface area (Å²) in [5.74, 6) is -1.74. The topological polar surface area (TPSA) is 72.0 Å². The van der Waals surface area contributed by atoms with Crippen LogP contribution in [0.5, 0.6) is 0 Å². The Morgan fingerprint density at radius 3 is 2.84 bits per heavy atom. The molecule has 3 aliphatic heterocycles. The summed E-state index contributed by atoms with van der Waals surface area (Å²) in [6, 6.07) is 11.0. The molecule has 7 nitrogen and oxygen atoms in total. The first-order chi connectivity index (χ1) is 15.5. The third-order valence-corrected chi connectivity index (χ3v) is 6.73. The summed E-state index contributed by atoms with van der Waals surface area (Å²) in [6.07, 6.45) is 4.61. The number of carbonyl (C=O) groups excluding carboxylic acids is 1. The van der Waals surface area contributed by atoms with Crippen LogP contribution >= 0.6 is 23.4 Å². The van der Waals surface area contributed by atoms with Crippen molar-refractivity contribution >= 4 is 40.1 Å². The number of benzene rings is 2. The van der Waals surface area contributed by atoms with Gasteiger partial charge in [0, 0.05) is 23.5 Å². The SMILES string of the molecule is O=C(CSC1=NNC2C3CC(c4ccc(Cl)cc4)NN3C=CN12)Nc1cc(F)ccc1F. The lowest BCUT2D eigenvalue weighted by atomic mass is 10.00. The van der Waals surface area contributed by atoms with Crippen LogP contribution in [0.4, 0.5) is 14.5 Å². The molecule has 3 unspecified atom stereocenters. The van der Waals surface area contributed by atoms with Gasteiger partial charge in [0.05, 0.1) is 23.5 Å². The second-order valence-corrected chi connectivity index (χ2v) is 8.96. The summed E-state index contributed by atoms with van der Waals surface area (Å²) in [4.78, 5) is 14.2. The minimum absolute atomic E-state index is 0.00750. The number of amidine groups is 1. The van der Waals surface area contributed by atoms with Crippen LogP contribution in [0, 0.1) is 11.6 Å². The normalized spacial score (nSPS) is 23.5. The van der Waals surface area contributed by atoms with Crippen molar-refractivity contribution < 1.29 is 13.6 Å². The van der Waals surface area contributed by atoms with E-state index in [1.807, 2.05) is 41.6 Å². The number of thioether (sulfide) groups is 1. The van der Waals surface area contributed by atoms with Gasteiger partial charge in [-0.1, -0.05) is 35.5 Å². The number of rotatable bonds is 4. The molecule has 2 aromatic carbocycles. The standard InChI is InChI=1S/C21H19ClF2N6OS/c22-13-3-1-12(2-4-13)16-10-18-20-26-27-21(29(20)7-8-30(18)28-16)32-11-19(31)25-17-9-14(23)5-6-15(17)24/h1-9,16,18,20,26,28H,10-11H2,(H,25,31). The van der Waals surface area contributed by atoms with Crippen LogP contribution in [-0.2, 0) is 4.79 Å². The van der Waals surface area contributed by atoms with Crippen molar-refractivity contribution in [3.05, 3.63) is 77.1 Å². The quantitative estimate of drug-likeness (QED) is 0.626. The van der Waals surface area contributed by atoms with Gasteiger partial charge in [-0.25, -0.2) is 14.2 Å². The number of anilines is 1. The Balaban J connectivity index is 1.19. The third-order valence-electron chi connectivity index (χ3n) is 5.51. The van der Waals surface area contributed by atoms with Crippen molar-refractivity contribution in [2.24, 2.45) is 5.10 Å². The molecule has 3 atom stereocenters. The van der Waals surface area contributed by atoms with Gasteiger partial charge in [-0.05, 0) is 36.2 Å². The number of halogens is 3. The van der Waals surface area contributed by atoms with Crippen molar-refractivity contribution in [1.82, 2.24) is 20.8 Å². The summed E-state index contributed by atoms with van der Waals surface area (Å²) in [5.41, 5.74) is 7.61. The van der Waals surface area contributed by atoms with Gasteiger partial charge in [0.25, 0.3) is 0 Å². The molecule has 3 heterocycles. The number of nitrogens with one attached hydrogen (secondary N) is 3. The Hall–Kier alpha value is -2.82. The second kappa shape index (κ2) is 8.61. The van der Waals surface area contributed by atoms with E-state index in [1.165, 1.54) is 11.8 Å². The number of hydrogen-bond acceptors (Lipinski definition) is 7. The van der Waals surface area contributed by atoms with Crippen LogP contribution in [0.15, 0.2) is 60.0 Å². The monoisotopic (exact) mass is 476 g/mol. The van der Waals surface area contributed by atoms with Crippen molar-refractivity contribution in [3.63, 3.8) is 0 Å². The second-order valence-electron chi connectivity index (χ2n) is 7.58. The number of amides is 1. The fourth-order valence-corrected chi connectivity index (χ4v) is 4.87. The molecular formula is C21H19ClF2N6OS. The van der Waals surface area contributed by atoms with Crippen LogP contribution in [-0.4, -0.2) is 38.9 Å². The van der Waals surface area contributed by atoms with Crippen LogP contribution in [0.1, 0.15) is 18.0 Å². The lowest BCUT2D eigenvalue weighted by molar-refractivity contribution is -0.113. The smallest absolute Gasteiger partial charge is 0.234 e. The van der Waals surface area contributed by atoms with Crippen molar-refractivity contribution in [2.45, 2.75) is 24.7 Å². The molecule has 32 heavy (non-hydrogen) atoms. The van der Waals surface area contributed by atoms with E-state index in [9.17, 15) is 13.6 Å². The van der Waals surface area contributed by atoms with Gasteiger partial charge in [0.15, 0.2) is 5.17 Å². The maximum Gasteiger partial charge on any atom is 0.234 e. The fraction of sp³-hybridized carbons (Fsp3) is 0.238. The van der Waals surface area contributed by atoms with Gasteiger partial charge in [-0.15, -0.1) is 0 Å². The Labute approximate surface area is 192 Å². The van der Waals surface area contributed by atoms with Crippen molar-refractivity contribution in [1.29, 1.82) is 0 Å². The minimum Gasteiger partial charge on any atom is -0.323 e. The molecule has 166 valence electrons. The predicted octanol–water partition coefficient (Wildman–Crippen LogP) is 3.60. The third kappa shape index (κ3) is 4.13. The van der Waals surface area contributed by atoms with E-state index in [4.69, 9.17) is 11.6 Å². The summed E-state index contributed by atoms with van der Waals surface area (Å²) in [6.45, 7) is 0. The zero-order chi connectivity index (χ0) is 22.2. The number of hydrogen-bond donors (Lipinski definition) is 3. The molecule has 2 aromatic rings. The molecule has 0 spiro atoms. The fourth-order valence-electron chi connectivity index (χ4n) is 3.97. The number of hydrazine groups is 1. The molecule has 1 fully saturated rings. The van der Waals surface area contributed by atoms with Gasteiger partial charge in [-0.2, -0.15) is 5.10 Å². The van der Waals surface area contributed by atoms with Crippen LogP contribution in [0.2, 0.25) is 5.02 Å². The zero-order valence-corrected chi connectivity index (χ0v) is 18.2. The Morgan fingerprint density at radius 2 is 2.03 bits per heavy atom. The van der Waals surface area contributed by atoms with Gasteiger partial charge in [0.1, 0.15) is 17.8 Å². The predicted molar refractivity (Wildman–Crippen MR) is 120 cm³/mol. The lowest BCUT2D eigenvalue weighted by Crippen LogP contribution is -2.54. The van der Waals surface area contributed by atoms with Gasteiger partial charge < -0.3 is 15.2 Å². The number of hydrazone groups is 1. The molecule has 3 aliphatic rings. The summed E-state index contributed by atoms with van der Waals surface area (Å²) >= 11 is 7.22. The van der Waals surface area contributed by atoms with Gasteiger partial charge >= 0.3 is 0 Å². The molecule has 3 N–H and O–H groups in total. The van der Waals surface area contributed by atoms with Crippen LogP contribution < -0.4 is 16.2 Å². The largest absolute Gasteiger partial charge is 0.323 e. The highest BCUT2D eigenvalue weighted by atomic mass is 35.5. The van der Waals surface area contributed by atoms with Gasteiger partial charge in [0.2, 0.25) is 5.91 Å². The van der Waals surface area contributed by atoms with E-state index < -0.39 is 17.5 Å². The molecule has 0 bridgehead atoms. The average Bonchev–Trinajstić information content (AvgIpc) is 3.39. The molecule has 0 saturated carbocycles. The maximum atomic E-state index is 13.7. The minimum atomic E-state index is -0.687. The van der Waals surface area contributed by atoms with E-state index in [2.05, 4.69) is 26.3 Å². The molecular weight excluding hydrogens is 458 g/mol. The van der Waals surface area contributed by atoms with Crippen molar-refractivity contribution in [3.8, 4) is 0 Å². The Kier molecular flexibility index (Phi) is 5.66. The highest BCUT2D eigenvalue weighted by molar-refractivity contribution is 8.14. The summed E-state index contributed by atoms with van der Waals surface area (Å²) < 4.78 is 27.0. The highest BCUT2D eigenvalue weighted by Crippen LogP contribution is 2.35. The average molecular weight is 477 g/mol. The van der Waals surface area contributed by atoms with E-state index in [1.54, 1.807) is 0 Å². The molecule has 0 aromatic heterocycles. The molecule has 0 aliphatic carbocycles. The molecule has 1 amide bonds. The molecule has 5 rings (SSSR count). The van der Waals surface area contributed by atoms with Crippen molar-refractivity contribution in [2.75, 3.05) is 11.1 Å². The van der Waals surface area contributed by atoms with E-state index >= 15 is 0 Å².